The van der Waals surface area contributed by atoms with E-state index in [1.54, 1.807) is 0 Å². The summed E-state index contributed by atoms with van der Waals surface area (Å²) in [4.78, 5) is 16.8. The third-order valence-corrected chi connectivity index (χ3v) is 5.28. The van der Waals surface area contributed by atoms with Crippen molar-refractivity contribution < 1.29 is 9.53 Å². The van der Waals surface area contributed by atoms with Crippen LogP contribution in [-0.4, -0.2) is 50.2 Å². The van der Waals surface area contributed by atoms with Crippen LogP contribution in [0.15, 0.2) is 24.3 Å². The standard InChI is InChI=1S/C24H40N2O2/c1-19(2)17-20(3)21-7-9-22(10-8-21)25-12-14-26(15-13-25)23(27)11-16-28-18-24(4,5)6/h7-10,19-20H,11-18H2,1-6H3. The second-order valence-electron chi connectivity index (χ2n) is 9.85. The number of hydrogen-bond donors (Lipinski definition) is 0. The summed E-state index contributed by atoms with van der Waals surface area (Å²) in [5.41, 5.74) is 2.83. The topological polar surface area (TPSA) is 32.8 Å². The van der Waals surface area contributed by atoms with Crippen molar-refractivity contribution in [2.45, 2.75) is 60.3 Å². The summed E-state index contributed by atoms with van der Waals surface area (Å²) in [6, 6.07) is 9.02. The van der Waals surface area contributed by atoms with E-state index in [0.717, 1.165) is 32.1 Å². The van der Waals surface area contributed by atoms with Crippen molar-refractivity contribution in [3.8, 4) is 0 Å². The summed E-state index contributed by atoms with van der Waals surface area (Å²) in [7, 11) is 0. The van der Waals surface area contributed by atoms with Gasteiger partial charge in [-0.15, -0.1) is 0 Å². The Kier molecular flexibility index (Phi) is 8.36. The van der Waals surface area contributed by atoms with Gasteiger partial charge in [-0.2, -0.15) is 0 Å². The van der Waals surface area contributed by atoms with Gasteiger partial charge >= 0.3 is 0 Å². The van der Waals surface area contributed by atoms with Crippen LogP contribution in [0, 0.1) is 11.3 Å². The zero-order valence-electron chi connectivity index (χ0n) is 18.8. The van der Waals surface area contributed by atoms with Crippen molar-refractivity contribution in [2.24, 2.45) is 11.3 Å². The van der Waals surface area contributed by atoms with Crippen LogP contribution >= 0.6 is 0 Å². The number of hydrogen-bond acceptors (Lipinski definition) is 3. The van der Waals surface area contributed by atoms with Gasteiger partial charge in [0.05, 0.1) is 19.6 Å². The van der Waals surface area contributed by atoms with Gasteiger partial charge in [0.1, 0.15) is 0 Å². The molecule has 0 aromatic heterocycles. The summed E-state index contributed by atoms with van der Waals surface area (Å²) in [6.07, 6.45) is 1.71. The van der Waals surface area contributed by atoms with Gasteiger partial charge in [-0.3, -0.25) is 4.79 Å². The van der Waals surface area contributed by atoms with E-state index < -0.39 is 0 Å². The number of anilines is 1. The molecule has 4 nitrogen and oxygen atoms in total. The first-order valence-corrected chi connectivity index (χ1v) is 10.9. The van der Waals surface area contributed by atoms with Crippen molar-refractivity contribution in [1.82, 2.24) is 4.90 Å². The lowest BCUT2D eigenvalue weighted by molar-refractivity contribution is -0.132. The average molecular weight is 389 g/mol. The number of piperazine rings is 1. The molecule has 0 spiro atoms. The number of rotatable bonds is 8. The van der Waals surface area contributed by atoms with Gasteiger partial charge in [0.15, 0.2) is 0 Å². The van der Waals surface area contributed by atoms with E-state index in [4.69, 9.17) is 4.74 Å². The Balaban J connectivity index is 1.76. The molecule has 1 amide bonds. The second kappa shape index (κ2) is 10.3. The number of benzene rings is 1. The minimum Gasteiger partial charge on any atom is -0.380 e. The Morgan fingerprint density at radius 3 is 2.18 bits per heavy atom. The Morgan fingerprint density at radius 2 is 1.64 bits per heavy atom. The van der Waals surface area contributed by atoms with Gasteiger partial charge in [0.25, 0.3) is 0 Å². The van der Waals surface area contributed by atoms with Crippen molar-refractivity contribution >= 4 is 11.6 Å². The normalized spacial score (nSPS) is 16.5. The molecule has 1 aliphatic heterocycles. The molecule has 0 radical (unpaired) electrons. The van der Waals surface area contributed by atoms with Crippen LogP contribution in [0.1, 0.15) is 65.9 Å². The summed E-state index contributed by atoms with van der Waals surface area (Å²) < 4.78 is 5.65. The first kappa shape index (κ1) is 22.7. The Morgan fingerprint density at radius 1 is 1.04 bits per heavy atom. The van der Waals surface area contributed by atoms with Crippen molar-refractivity contribution in [3.63, 3.8) is 0 Å². The van der Waals surface area contributed by atoms with Crippen LogP contribution in [0.4, 0.5) is 5.69 Å². The molecule has 0 N–H and O–H groups in total. The third-order valence-electron chi connectivity index (χ3n) is 5.28. The minimum absolute atomic E-state index is 0.150. The third kappa shape index (κ3) is 7.46. The smallest absolute Gasteiger partial charge is 0.225 e. The highest BCUT2D eigenvalue weighted by atomic mass is 16.5. The molecule has 0 bridgehead atoms. The molecular weight excluding hydrogens is 348 g/mol. The molecule has 1 unspecified atom stereocenters. The maximum absolute atomic E-state index is 12.4. The first-order valence-electron chi connectivity index (χ1n) is 10.9. The van der Waals surface area contributed by atoms with Crippen LogP contribution in [0.5, 0.6) is 0 Å². The summed E-state index contributed by atoms with van der Waals surface area (Å²) in [5.74, 6) is 1.54. The fourth-order valence-corrected chi connectivity index (χ4v) is 3.77. The lowest BCUT2D eigenvalue weighted by Gasteiger charge is -2.36. The van der Waals surface area contributed by atoms with E-state index in [0.29, 0.717) is 25.6 Å². The molecule has 4 heteroatoms. The molecule has 2 rings (SSSR count). The van der Waals surface area contributed by atoms with Crippen molar-refractivity contribution in [2.75, 3.05) is 44.3 Å². The molecule has 1 fully saturated rings. The molecule has 0 saturated carbocycles. The maximum Gasteiger partial charge on any atom is 0.225 e. The van der Waals surface area contributed by atoms with Gasteiger partial charge in [-0.05, 0) is 41.4 Å². The van der Waals surface area contributed by atoms with Crippen LogP contribution in [0.3, 0.4) is 0 Å². The van der Waals surface area contributed by atoms with Gasteiger partial charge in [-0.25, -0.2) is 0 Å². The number of nitrogens with zero attached hydrogens (tertiary/aromatic N) is 2. The molecule has 1 aliphatic rings. The number of amides is 1. The maximum atomic E-state index is 12.4. The highest BCUT2D eigenvalue weighted by molar-refractivity contribution is 5.76. The molecule has 1 aromatic carbocycles. The van der Waals surface area contributed by atoms with Crippen LogP contribution in [-0.2, 0) is 9.53 Å². The predicted octanol–water partition coefficient (Wildman–Crippen LogP) is 4.94. The molecule has 1 heterocycles. The molecule has 0 aliphatic carbocycles. The van der Waals surface area contributed by atoms with E-state index in [9.17, 15) is 4.79 Å². The largest absolute Gasteiger partial charge is 0.380 e. The van der Waals surface area contributed by atoms with E-state index in [2.05, 4.69) is 70.7 Å². The SMILES string of the molecule is CC(C)CC(C)c1ccc(N2CCN(C(=O)CCOCC(C)(C)C)CC2)cc1. The van der Waals surface area contributed by atoms with Crippen molar-refractivity contribution in [1.29, 1.82) is 0 Å². The van der Waals surface area contributed by atoms with Gasteiger partial charge in [0.2, 0.25) is 5.91 Å². The first-order chi connectivity index (χ1) is 13.2. The monoisotopic (exact) mass is 388 g/mol. The Hall–Kier alpha value is -1.55. The summed E-state index contributed by atoms with van der Waals surface area (Å²) >= 11 is 0. The van der Waals surface area contributed by atoms with Crippen molar-refractivity contribution in [3.05, 3.63) is 29.8 Å². The van der Waals surface area contributed by atoms with E-state index in [1.807, 2.05) is 4.90 Å². The minimum atomic E-state index is 0.150. The predicted molar refractivity (Wildman–Crippen MR) is 118 cm³/mol. The molecule has 28 heavy (non-hydrogen) atoms. The summed E-state index contributed by atoms with van der Waals surface area (Å²) in [6.45, 7) is 17.9. The fourth-order valence-electron chi connectivity index (χ4n) is 3.77. The van der Waals surface area contributed by atoms with Crippen LogP contribution < -0.4 is 4.90 Å². The van der Waals surface area contributed by atoms with Gasteiger partial charge in [-0.1, -0.05) is 53.7 Å². The highest BCUT2D eigenvalue weighted by Crippen LogP contribution is 2.26. The molecule has 158 valence electrons. The molecule has 1 saturated heterocycles. The summed E-state index contributed by atoms with van der Waals surface area (Å²) in [5, 5.41) is 0. The highest BCUT2D eigenvalue weighted by Gasteiger charge is 2.21. The number of ether oxygens (including phenoxy) is 1. The molecular formula is C24H40N2O2. The number of carbonyl (C=O) groups excluding carboxylic acids is 1. The quantitative estimate of drug-likeness (QED) is 0.592. The zero-order chi connectivity index (χ0) is 20.7. The Bertz CT molecular complexity index is 596. The number of carbonyl (C=O) groups is 1. The lowest BCUT2D eigenvalue weighted by Crippen LogP contribution is -2.49. The molecule has 1 atom stereocenters. The van der Waals surface area contributed by atoms with Gasteiger partial charge < -0.3 is 14.5 Å². The van der Waals surface area contributed by atoms with E-state index in [-0.39, 0.29) is 11.3 Å². The van der Waals surface area contributed by atoms with Gasteiger partial charge in [0, 0.05) is 31.9 Å². The van der Waals surface area contributed by atoms with Crippen LogP contribution in [0.25, 0.3) is 0 Å². The van der Waals surface area contributed by atoms with Crippen LogP contribution in [0.2, 0.25) is 0 Å². The fraction of sp³-hybridized carbons (Fsp3) is 0.708. The lowest BCUT2D eigenvalue weighted by atomic mass is 9.92. The van der Waals surface area contributed by atoms with E-state index >= 15 is 0 Å². The van der Waals surface area contributed by atoms with E-state index in [1.165, 1.54) is 17.7 Å². The zero-order valence-corrected chi connectivity index (χ0v) is 18.8. The molecule has 1 aromatic rings. The second-order valence-corrected chi connectivity index (χ2v) is 9.85. The average Bonchev–Trinajstić information content (AvgIpc) is 2.64. The Labute approximate surface area is 172 Å².